The number of benzene rings is 2. The van der Waals surface area contributed by atoms with Gasteiger partial charge in [0.05, 0.1) is 17.1 Å². The predicted octanol–water partition coefficient (Wildman–Crippen LogP) is 2.85. The van der Waals surface area contributed by atoms with Gasteiger partial charge in [-0.05, 0) is 42.3 Å². The Kier molecular flexibility index (Phi) is 8.01. The first-order chi connectivity index (χ1) is 17.5. The SMILES string of the molecule is N#Cc1cccc(CNCCC(=O)NCCCNc2nc3cc(C(N)=O)ccc3c3cnccc23)c1. The van der Waals surface area contributed by atoms with Crippen molar-refractivity contribution in [3.63, 3.8) is 0 Å². The Labute approximate surface area is 208 Å². The first-order valence-corrected chi connectivity index (χ1v) is 11.7. The summed E-state index contributed by atoms with van der Waals surface area (Å²) in [5.74, 6) is 0.170. The summed E-state index contributed by atoms with van der Waals surface area (Å²) in [5.41, 5.74) is 8.12. The van der Waals surface area contributed by atoms with Crippen molar-refractivity contribution in [1.82, 2.24) is 20.6 Å². The zero-order chi connectivity index (χ0) is 25.3. The molecule has 0 aliphatic heterocycles. The van der Waals surface area contributed by atoms with Crippen LogP contribution in [0, 0.1) is 11.3 Å². The smallest absolute Gasteiger partial charge is 0.248 e. The molecule has 9 nitrogen and oxygen atoms in total. The van der Waals surface area contributed by atoms with Crippen molar-refractivity contribution in [2.75, 3.05) is 25.0 Å². The molecule has 0 aliphatic carbocycles. The highest BCUT2D eigenvalue weighted by molar-refractivity contribution is 6.11. The molecule has 0 saturated carbocycles. The van der Waals surface area contributed by atoms with Gasteiger partial charge in [0.1, 0.15) is 5.82 Å². The zero-order valence-corrected chi connectivity index (χ0v) is 19.8. The van der Waals surface area contributed by atoms with Gasteiger partial charge in [-0.1, -0.05) is 18.2 Å². The summed E-state index contributed by atoms with van der Waals surface area (Å²) in [7, 11) is 0. The number of hydrogen-bond acceptors (Lipinski definition) is 7. The molecule has 4 rings (SSSR count). The van der Waals surface area contributed by atoms with Gasteiger partial charge in [0.25, 0.3) is 0 Å². The number of amides is 2. The third-order valence-corrected chi connectivity index (χ3v) is 5.76. The van der Waals surface area contributed by atoms with Gasteiger partial charge in [-0.25, -0.2) is 4.98 Å². The number of primary amides is 1. The number of anilines is 1. The van der Waals surface area contributed by atoms with Crippen molar-refractivity contribution in [2.45, 2.75) is 19.4 Å². The normalized spacial score (nSPS) is 10.8. The Morgan fingerprint density at radius 2 is 1.89 bits per heavy atom. The van der Waals surface area contributed by atoms with Crippen LogP contribution in [0.4, 0.5) is 5.82 Å². The van der Waals surface area contributed by atoms with E-state index < -0.39 is 5.91 Å². The van der Waals surface area contributed by atoms with E-state index in [2.05, 4.69) is 27.0 Å². The number of nitrogens with one attached hydrogen (secondary N) is 3. The lowest BCUT2D eigenvalue weighted by Gasteiger charge is -2.12. The number of rotatable bonds is 11. The Morgan fingerprint density at radius 3 is 2.72 bits per heavy atom. The van der Waals surface area contributed by atoms with Gasteiger partial charge in [-0.15, -0.1) is 0 Å². The van der Waals surface area contributed by atoms with E-state index in [1.807, 2.05) is 30.3 Å². The Hall–Kier alpha value is -4.55. The van der Waals surface area contributed by atoms with Crippen molar-refractivity contribution in [2.24, 2.45) is 5.73 Å². The number of carbonyl (C=O) groups excluding carboxylic acids is 2. The van der Waals surface area contributed by atoms with Gasteiger partial charge < -0.3 is 21.7 Å². The van der Waals surface area contributed by atoms with Gasteiger partial charge in [-0.2, -0.15) is 5.26 Å². The monoisotopic (exact) mass is 481 g/mol. The van der Waals surface area contributed by atoms with E-state index in [0.29, 0.717) is 61.5 Å². The number of nitriles is 1. The molecule has 4 aromatic rings. The topological polar surface area (TPSA) is 146 Å². The molecule has 182 valence electrons. The summed E-state index contributed by atoms with van der Waals surface area (Å²) in [6.07, 6.45) is 4.58. The summed E-state index contributed by atoms with van der Waals surface area (Å²) < 4.78 is 0. The van der Waals surface area contributed by atoms with Crippen molar-refractivity contribution >= 4 is 39.3 Å². The van der Waals surface area contributed by atoms with Crippen LogP contribution in [-0.4, -0.2) is 41.4 Å². The maximum Gasteiger partial charge on any atom is 0.248 e. The van der Waals surface area contributed by atoms with E-state index in [9.17, 15) is 9.59 Å². The van der Waals surface area contributed by atoms with Crippen molar-refractivity contribution in [3.05, 3.63) is 77.6 Å². The summed E-state index contributed by atoms with van der Waals surface area (Å²) in [6, 6.07) is 16.6. The second kappa shape index (κ2) is 11.7. The predicted molar refractivity (Wildman–Crippen MR) is 139 cm³/mol. The Balaban J connectivity index is 1.24. The fraction of sp³-hybridized carbons (Fsp3) is 0.222. The molecule has 0 atom stereocenters. The van der Waals surface area contributed by atoms with Crippen LogP contribution in [0.2, 0.25) is 0 Å². The van der Waals surface area contributed by atoms with Crippen molar-refractivity contribution < 1.29 is 9.59 Å². The van der Waals surface area contributed by atoms with Crippen molar-refractivity contribution in [3.8, 4) is 6.07 Å². The molecule has 5 N–H and O–H groups in total. The van der Waals surface area contributed by atoms with Crippen LogP contribution in [0.1, 0.15) is 34.3 Å². The van der Waals surface area contributed by atoms with Crippen LogP contribution in [0.5, 0.6) is 0 Å². The Bertz CT molecular complexity index is 1450. The van der Waals surface area contributed by atoms with Gasteiger partial charge >= 0.3 is 0 Å². The summed E-state index contributed by atoms with van der Waals surface area (Å²) in [4.78, 5) is 32.6. The maximum atomic E-state index is 12.1. The molecule has 2 amide bonds. The number of nitrogens with zero attached hydrogens (tertiary/aromatic N) is 3. The highest BCUT2D eigenvalue weighted by Crippen LogP contribution is 2.29. The molecule has 2 heterocycles. The first kappa shape index (κ1) is 24.6. The lowest BCUT2D eigenvalue weighted by Crippen LogP contribution is -2.29. The molecule has 0 bridgehead atoms. The maximum absolute atomic E-state index is 12.1. The molecule has 0 radical (unpaired) electrons. The molecule has 36 heavy (non-hydrogen) atoms. The van der Waals surface area contributed by atoms with Gasteiger partial charge in [0, 0.05) is 66.7 Å². The zero-order valence-electron chi connectivity index (χ0n) is 19.8. The summed E-state index contributed by atoms with van der Waals surface area (Å²) in [6.45, 7) is 2.30. The van der Waals surface area contributed by atoms with E-state index in [0.717, 1.165) is 21.7 Å². The van der Waals surface area contributed by atoms with Crippen LogP contribution in [0.3, 0.4) is 0 Å². The highest BCUT2D eigenvalue weighted by atomic mass is 16.1. The minimum atomic E-state index is -0.501. The number of fused-ring (bicyclic) bond motifs is 3. The summed E-state index contributed by atoms with van der Waals surface area (Å²) >= 11 is 0. The molecule has 9 heteroatoms. The minimum Gasteiger partial charge on any atom is -0.369 e. The number of hydrogen-bond donors (Lipinski definition) is 4. The standard InChI is InChI=1S/C27H27N7O2/c28-15-18-3-1-4-19(13-18)16-30-12-8-25(35)32-9-2-10-33-27-22-7-11-31-17-23(22)21-6-5-20(26(29)36)14-24(21)34-27/h1,3-7,11,13-14,17,30H,2,8-10,12,16H2,(H2,29,36)(H,32,35)(H,33,34). The minimum absolute atomic E-state index is 0.0207. The molecule has 2 aromatic carbocycles. The third kappa shape index (κ3) is 6.11. The molecule has 0 aliphatic rings. The number of nitrogens with two attached hydrogens (primary N) is 1. The van der Waals surface area contributed by atoms with E-state index in [4.69, 9.17) is 16.0 Å². The molecule has 0 fully saturated rings. The van der Waals surface area contributed by atoms with Crippen LogP contribution < -0.4 is 21.7 Å². The molecular formula is C27H27N7O2. The third-order valence-electron chi connectivity index (χ3n) is 5.76. The van der Waals surface area contributed by atoms with E-state index in [1.54, 1.807) is 30.6 Å². The highest BCUT2D eigenvalue weighted by Gasteiger charge is 2.10. The average Bonchev–Trinajstić information content (AvgIpc) is 2.90. The van der Waals surface area contributed by atoms with Crippen LogP contribution >= 0.6 is 0 Å². The molecular weight excluding hydrogens is 454 g/mol. The Morgan fingerprint density at radius 1 is 1.00 bits per heavy atom. The second-order valence-electron chi connectivity index (χ2n) is 8.35. The first-order valence-electron chi connectivity index (χ1n) is 11.7. The molecule has 0 spiro atoms. The van der Waals surface area contributed by atoms with E-state index in [1.165, 1.54) is 0 Å². The van der Waals surface area contributed by atoms with E-state index in [-0.39, 0.29) is 5.91 Å². The van der Waals surface area contributed by atoms with E-state index >= 15 is 0 Å². The molecule has 2 aromatic heterocycles. The van der Waals surface area contributed by atoms with Crippen LogP contribution in [0.15, 0.2) is 60.9 Å². The summed E-state index contributed by atoms with van der Waals surface area (Å²) in [5, 5.41) is 21.2. The average molecular weight is 482 g/mol. The van der Waals surface area contributed by atoms with Crippen LogP contribution in [0.25, 0.3) is 21.7 Å². The van der Waals surface area contributed by atoms with Gasteiger partial charge in [-0.3, -0.25) is 14.6 Å². The quantitative estimate of drug-likeness (QED) is 0.190. The number of aromatic nitrogens is 2. The second-order valence-corrected chi connectivity index (χ2v) is 8.35. The van der Waals surface area contributed by atoms with Gasteiger partial charge in [0.15, 0.2) is 0 Å². The fourth-order valence-corrected chi connectivity index (χ4v) is 3.93. The van der Waals surface area contributed by atoms with Gasteiger partial charge in [0.2, 0.25) is 11.8 Å². The van der Waals surface area contributed by atoms with Crippen LogP contribution in [-0.2, 0) is 11.3 Å². The number of pyridine rings is 2. The number of carbonyl (C=O) groups is 2. The molecule has 0 saturated heterocycles. The van der Waals surface area contributed by atoms with Crippen molar-refractivity contribution in [1.29, 1.82) is 5.26 Å². The fourth-order valence-electron chi connectivity index (χ4n) is 3.93. The molecule has 0 unspecified atom stereocenters. The lowest BCUT2D eigenvalue weighted by molar-refractivity contribution is -0.121. The largest absolute Gasteiger partial charge is 0.369 e. The lowest BCUT2D eigenvalue weighted by atomic mass is 10.1.